The molecule has 8 heteroatoms. The Hall–Kier alpha value is -2.97. The molecule has 0 radical (unpaired) electrons. The number of hydrogen-bond donors (Lipinski definition) is 0. The maximum atomic E-state index is 12.5. The minimum absolute atomic E-state index is 0.00726. The number of piperazine rings is 1. The van der Waals surface area contributed by atoms with E-state index in [4.69, 9.17) is 4.74 Å². The lowest BCUT2D eigenvalue weighted by Crippen LogP contribution is -2.52. The van der Waals surface area contributed by atoms with E-state index in [-0.39, 0.29) is 11.8 Å². The molecular weight excluding hydrogens is 382 g/mol. The van der Waals surface area contributed by atoms with Gasteiger partial charge in [-0.2, -0.15) is 0 Å². The highest BCUT2D eigenvalue weighted by Gasteiger charge is 2.24. The highest BCUT2D eigenvalue weighted by atomic mass is 16.5. The van der Waals surface area contributed by atoms with Crippen molar-refractivity contribution in [3.63, 3.8) is 0 Å². The highest BCUT2D eigenvalue weighted by Crippen LogP contribution is 2.11. The number of imidazole rings is 1. The Bertz CT molecular complexity index is 865. The zero-order valence-electron chi connectivity index (χ0n) is 17.0. The van der Waals surface area contributed by atoms with E-state index in [1.54, 1.807) is 18.6 Å². The fourth-order valence-electron chi connectivity index (χ4n) is 3.67. The van der Waals surface area contributed by atoms with Crippen molar-refractivity contribution >= 4 is 17.9 Å². The standard InChI is InChI=1S/C22H27N5O3/c28-21(6-3-19-1-4-20(5-2-19)27-8-7-23-18-27)25-11-9-24(10-12-25)17-22(29)26-13-15-30-16-14-26/h1-8,18H,9-17H2. The zero-order valence-corrected chi connectivity index (χ0v) is 17.0. The summed E-state index contributed by atoms with van der Waals surface area (Å²) in [5, 5.41) is 0. The van der Waals surface area contributed by atoms with Gasteiger partial charge in [0.25, 0.3) is 0 Å². The Kier molecular flexibility index (Phi) is 6.56. The van der Waals surface area contributed by atoms with Crippen LogP contribution in [-0.4, -0.2) is 95.1 Å². The third kappa shape index (κ3) is 5.14. The summed E-state index contributed by atoms with van der Waals surface area (Å²) in [6, 6.07) is 7.95. The lowest BCUT2D eigenvalue weighted by Gasteiger charge is -2.35. The molecule has 3 heterocycles. The fourth-order valence-corrected chi connectivity index (χ4v) is 3.67. The zero-order chi connectivity index (χ0) is 20.8. The van der Waals surface area contributed by atoms with E-state index in [0.29, 0.717) is 45.9 Å². The number of amides is 2. The van der Waals surface area contributed by atoms with Gasteiger partial charge in [-0.15, -0.1) is 0 Å². The molecule has 2 aromatic rings. The summed E-state index contributed by atoms with van der Waals surface area (Å²) in [6.07, 6.45) is 8.85. The molecule has 2 saturated heterocycles. The molecule has 2 amide bonds. The van der Waals surface area contributed by atoms with E-state index in [9.17, 15) is 9.59 Å². The summed E-state index contributed by atoms with van der Waals surface area (Å²) in [5.41, 5.74) is 2.00. The lowest BCUT2D eigenvalue weighted by atomic mass is 10.2. The van der Waals surface area contributed by atoms with Crippen molar-refractivity contribution in [2.24, 2.45) is 0 Å². The highest BCUT2D eigenvalue weighted by molar-refractivity contribution is 5.91. The van der Waals surface area contributed by atoms with Crippen molar-refractivity contribution in [3.05, 3.63) is 54.6 Å². The van der Waals surface area contributed by atoms with Crippen molar-refractivity contribution in [3.8, 4) is 5.69 Å². The van der Waals surface area contributed by atoms with Crippen LogP contribution < -0.4 is 0 Å². The van der Waals surface area contributed by atoms with Crippen LogP contribution in [0.2, 0.25) is 0 Å². The van der Waals surface area contributed by atoms with Gasteiger partial charge in [-0.25, -0.2) is 4.98 Å². The van der Waals surface area contributed by atoms with E-state index >= 15 is 0 Å². The van der Waals surface area contributed by atoms with Crippen molar-refractivity contribution in [1.82, 2.24) is 24.3 Å². The molecule has 0 bridgehead atoms. The Labute approximate surface area is 176 Å². The third-order valence-electron chi connectivity index (χ3n) is 5.52. The summed E-state index contributed by atoms with van der Waals surface area (Å²) in [6.45, 7) is 5.71. The summed E-state index contributed by atoms with van der Waals surface area (Å²) in [5.74, 6) is 0.157. The van der Waals surface area contributed by atoms with Crippen LogP contribution in [0.25, 0.3) is 11.8 Å². The first-order chi connectivity index (χ1) is 14.7. The van der Waals surface area contributed by atoms with Gasteiger partial charge in [0.2, 0.25) is 11.8 Å². The summed E-state index contributed by atoms with van der Waals surface area (Å²) >= 11 is 0. The van der Waals surface area contributed by atoms with Crippen LogP contribution in [-0.2, 0) is 14.3 Å². The minimum Gasteiger partial charge on any atom is -0.378 e. The van der Waals surface area contributed by atoms with Crippen LogP contribution in [0.1, 0.15) is 5.56 Å². The molecule has 4 rings (SSSR count). The summed E-state index contributed by atoms with van der Waals surface area (Å²) < 4.78 is 7.23. The van der Waals surface area contributed by atoms with Gasteiger partial charge < -0.3 is 19.1 Å². The molecule has 8 nitrogen and oxygen atoms in total. The van der Waals surface area contributed by atoms with Crippen LogP contribution in [0.15, 0.2) is 49.1 Å². The maximum Gasteiger partial charge on any atom is 0.246 e. The van der Waals surface area contributed by atoms with Crippen molar-refractivity contribution < 1.29 is 14.3 Å². The monoisotopic (exact) mass is 409 g/mol. The summed E-state index contributed by atoms with van der Waals surface area (Å²) in [7, 11) is 0. The molecule has 2 fully saturated rings. The average molecular weight is 409 g/mol. The van der Waals surface area contributed by atoms with Crippen LogP contribution in [0.3, 0.4) is 0 Å². The Morgan fingerprint density at radius 2 is 1.70 bits per heavy atom. The first-order valence-electron chi connectivity index (χ1n) is 10.3. The van der Waals surface area contributed by atoms with Crippen LogP contribution in [0.4, 0.5) is 0 Å². The second-order valence-corrected chi connectivity index (χ2v) is 7.49. The summed E-state index contributed by atoms with van der Waals surface area (Å²) in [4.78, 5) is 34.8. The van der Waals surface area contributed by atoms with Gasteiger partial charge in [-0.3, -0.25) is 14.5 Å². The quantitative estimate of drug-likeness (QED) is 0.686. The third-order valence-corrected chi connectivity index (χ3v) is 5.52. The van der Waals surface area contributed by atoms with E-state index < -0.39 is 0 Å². The number of rotatable bonds is 5. The molecule has 0 atom stereocenters. The normalized spacial score (nSPS) is 18.1. The largest absolute Gasteiger partial charge is 0.378 e. The maximum absolute atomic E-state index is 12.5. The second kappa shape index (κ2) is 9.69. The van der Waals surface area contributed by atoms with Crippen molar-refractivity contribution in [2.45, 2.75) is 0 Å². The molecular formula is C22H27N5O3. The first kappa shape index (κ1) is 20.3. The number of ether oxygens (including phenoxy) is 1. The predicted octanol–water partition coefficient (Wildman–Crippen LogP) is 0.889. The van der Waals surface area contributed by atoms with Gasteiger partial charge in [-0.05, 0) is 23.8 Å². The van der Waals surface area contributed by atoms with E-state index in [0.717, 1.165) is 24.3 Å². The van der Waals surface area contributed by atoms with Gasteiger partial charge in [0.1, 0.15) is 0 Å². The topological polar surface area (TPSA) is 70.9 Å². The first-order valence-corrected chi connectivity index (χ1v) is 10.3. The van der Waals surface area contributed by atoms with Crippen LogP contribution in [0.5, 0.6) is 0 Å². The fraction of sp³-hybridized carbons (Fsp3) is 0.409. The molecule has 2 aliphatic rings. The van der Waals surface area contributed by atoms with E-state index in [1.807, 2.05) is 50.9 Å². The molecule has 30 heavy (non-hydrogen) atoms. The predicted molar refractivity (Wildman–Crippen MR) is 113 cm³/mol. The molecule has 0 saturated carbocycles. The molecule has 0 spiro atoms. The number of morpholine rings is 1. The van der Waals surface area contributed by atoms with Gasteiger partial charge in [0.05, 0.1) is 26.1 Å². The number of nitrogens with zero attached hydrogens (tertiary/aromatic N) is 5. The number of carbonyl (C=O) groups is 2. The van der Waals surface area contributed by atoms with Gasteiger partial charge in [0, 0.05) is 63.4 Å². The molecule has 0 N–H and O–H groups in total. The number of hydrogen-bond acceptors (Lipinski definition) is 5. The molecule has 1 aromatic heterocycles. The Balaban J connectivity index is 1.23. The van der Waals surface area contributed by atoms with Crippen molar-refractivity contribution in [2.75, 3.05) is 59.0 Å². The molecule has 0 unspecified atom stereocenters. The van der Waals surface area contributed by atoms with Gasteiger partial charge in [0.15, 0.2) is 0 Å². The van der Waals surface area contributed by atoms with Crippen molar-refractivity contribution in [1.29, 1.82) is 0 Å². The SMILES string of the molecule is O=C(C=Cc1ccc(-n2ccnc2)cc1)N1CCN(CC(=O)N2CCOCC2)CC1. The Morgan fingerprint density at radius 1 is 0.967 bits per heavy atom. The second-order valence-electron chi connectivity index (χ2n) is 7.49. The molecule has 158 valence electrons. The smallest absolute Gasteiger partial charge is 0.246 e. The molecule has 2 aliphatic heterocycles. The molecule has 1 aromatic carbocycles. The number of benzene rings is 1. The number of carbonyl (C=O) groups excluding carboxylic acids is 2. The lowest BCUT2D eigenvalue weighted by molar-refractivity contribution is -0.137. The minimum atomic E-state index is 0.00726. The Morgan fingerprint density at radius 3 is 2.37 bits per heavy atom. The van der Waals surface area contributed by atoms with Crippen LogP contribution in [0, 0.1) is 0 Å². The van der Waals surface area contributed by atoms with Gasteiger partial charge in [-0.1, -0.05) is 12.1 Å². The van der Waals surface area contributed by atoms with E-state index in [2.05, 4.69) is 9.88 Å². The molecule has 0 aliphatic carbocycles. The number of aromatic nitrogens is 2. The average Bonchev–Trinajstić information content (AvgIpc) is 3.34. The van der Waals surface area contributed by atoms with Gasteiger partial charge >= 0.3 is 0 Å². The van der Waals surface area contributed by atoms with Crippen LogP contribution >= 0.6 is 0 Å². The van der Waals surface area contributed by atoms with E-state index in [1.165, 1.54) is 0 Å².